The Hall–Kier alpha value is -2.66. The van der Waals surface area contributed by atoms with Crippen LogP contribution >= 0.6 is 0 Å². The van der Waals surface area contributed by atoms with Crippen LogP contribution in [-0.2, 0) is 11.3 Å². The third kappa shape index (κ3) is 7.23. The number of rotatable bonds is 10. The van der Waals surface area contributed by atoms with Crippen LogP contribution < -0.4 is 10.1 Å². The Kier molecular flexibility index (Phi) is 8.01. The van der Waals surface area contributed by atoms with Crippen molar-refractivity contribution < 1.29 is 14.3 Å². The van der Waals surface area contributed by atoms with Gasteiger partial charge < -0.3 is 15.0 Å². The molecule has 0 heterocycles. The van der Waals surface area contributed by atoms with Crippen molar-refractivity contribution in [1.29, 1.82) is 0 Å². The number of amides is 1. The van der Waals surface area contributed by atoms with Crippen LogP contribution in [0.5, 0.6) is 5.75 Å². The highest BCUT2D eigenvalue weighted by molar-refractivity contribution is 5.94. The van der Waals surface area contributed by atoms with Crippen molar-refractivity contribution >= 4 is 11.7 Å². The van der Waals surface area contributed by atoms with Crippen LogP contribution in [0.15, 0.2) is 54.6 Å². The molecule has 0 fully saturated rings. The van der Waals surface area contributed by atoms with Gasteiger partial charge in [0, 0.05) is 18.7 Å². The second kappa shape index (κ2) is 10.5. The van der Waals surface area contributed by atoms with Crippen molar-refractivity contribution in [2.24, 2.45) is 0 Å². The van der Waals surface area contributed by atoms with Crippen molar-refractivity contribution in [3.8, 4) is 5.75 Å². The average molecular weight is 368 g/mol. The molecule has 0 aliphatic heterocycles. The minimum absolute atomic E-state index is 0.0304. The lowest BCUT2D eigenvalue weighted by Crippen LogP contribution is -2.37. The lowest BCUT2D eigenvalue weighted by Gasteiger charge is -2.18. The van der Waals surface area contributed by atoms with E-state index in [-0.39, 0.29) is 11.7 Å². The molecule has 0 aliphatic rings. The lowest BCUT2D eigenvalue weighted by molar-refractivity contribution is -0.127. The molecule has 1 unspecified atom stereocenters. The van der Waals surface area contributed by atoms with E-state index >= 15 is 0 Å². The van der Waals surface area contributed by atoms with Gasteiger partial charge in [0.2, 0.25) is 0 Å². The largest absolute Gasteiger partial charge is 0.481 e. The molecule has 5 heteroatoms. The van der Waals surface area contributed by atoms with Crippen molar-refractivity contribution in [2.45, 2.75) is 32.9 Å². The number of ether oxygens (including phenoxy) is 1. The SMILES string of the molecule is CC(=O)c1cccc(OC(C)C(=O)NCCCN(C)Cc2ccccc2)c1. The molecule has 5 nitrogen and oxygen atoms in total. The van der Waals surface area contributed by atoms with Gasteiger partial charge in [0.05, 0.1) is 0 Å². The van der Waals surface area contributed by atoms with E-state index in [1.54, 1.807) is 31.2 Å². The highest BCUT2D eigenvalue weighted by Gasteiger charge is 2.14. The summed E-state index contributed by atoms with van der Waals surface area (Å²) in [6, 6.07) is 17.2. The topological polar surface area (TPSA) is 58.6 Å². The van der Waals surface area contributed by atoms with Crippen LogP contribution in [0.2, 0.25) is 0 Å². The summed E-state index contributed by atoms with van der Waals surface area (Å²) in [4.78, 5) is 25.8. The zero-order valence-corrected chi connectivity index (χ0v) is 16.3. The number of nitrogens with one attached hydrogen (secondary N) is 1. The molecule has 1 N–H and O–H groups in total. The van der Waals surface area contributed by atoms with Crippen molar-refractivity contribution in [3.05, 3.63) is 65.7 Å². The Morgan fingerprint density at radius 1 is 1.11 bits per heavy atom. The number of carbonyl (C=O) groups is 2. The Balaban J connectivity index is 1.69. The van der Waals surface area contributed by atoms with Crippen LogP contribution in [-0.4, -0.2) is 42.8 Å². The summed E-state index contributed by atoms with van der Waals surface area (Å²) in [7, 11) is 2.07. The van der Waals surface area contributed by atoms with Gasteiger partial charge in [0.1, 0.15) is 5.75 Å². The van der Waals surface area contributed by atoms with Gasteiger partial charge in [0.15, 0.2) is 11.9 Å². The fourth-order valence-corrected chi connectivity index (χ4v) is 2.72. The molecule has 0 aromatic heterocycles. The first-order chi connectivity index (χ1) is 13.0. The third-order valence-corrected chi connectivity index (χ3v) is 4.23. The number of nitrogens with zero attached hydrogens (tertiary/aromatic N) is 1. The second-order valence-electron chi connectivity index (χ2n) is 6.71. The summed E-state index contributed by atoms with van der Waals surface area (Å²) < 4.78 is 5.65. The van der Waals surface area contributed by atoms with E-state index < -0.39 is 6.10 Å². The maximum absolute atomic E-state index is 12.2. The van der Waals surface area contributed by atoms with Gasteiger partial charge in [-0.25, -0.2) is 0 Å². The van der Waals surface area contributed by atoms with Gasteiger partial charge in [-0.05, 0) is 51.6 Å². The lowest BCUT2D eigenvalue weighted by atomic mass is 10.1. The second-order valence-corrected chi connectivity index (χ2v) is 6.71. The number of benzene rings is 2. The fourth-order valence-electron chi connectivity index (χ4n) is 2.72. The van der Waals surface area contributed by atoms with Crippen LogP contribution in [0.25, 0.3) is 0 Å². The first kappa shape index (κ1) is 20.6. The first-order valence-corrected chi connectivity index (χ1v) is 9.23. The predicted molar refractivity (Wildman–Crippen MR) is 107 cm³/mol. The molecule has 0 saturated carbocycles. The van der Waals surface area contributed by atoms with E-state index in [0.717, 1.165) is 19.5 Å². The summed E-state index contributed by atoms with van der Waals surface area (Å²) in [5.74, 6) is 0.332. The molecule has 1 amide bonds. The summed E-state index contributed by atoms with van der Waals surface area (Å²) in [6.45, 7) is 5.59. The van der Waals surface area contributed by atoms with E-state index in [0.29, 0.717) is 17.9 Å². The molecule has 0 saturated heterocycles. The van der Waals surface area contributed by atoms with Crippen molar-refractivity contribution in [1.82, 2.24) is 10.2 Å². The van der Waals surface area contributed by atoms with Gasteiger partial charge >= 0.3 is 0 Å². The van der Waals surface area contributed by atoms with Crippen LogP contribution in [0.1, 0.15) is 36.2 Å². The van der Waals surface area contributed by atoms with Crippen molar-refractivity contribution in [2.75, 3.05) is 20.1 Å². The highest BCUT2D eigenvalue weighted by Crippen LogP contribution is 2.15. The van der Waals surface area contributed by atoms with Crippen LogP contribution in [0.4, 0.5) is 0 Å². The molecular weight excluding hydrogens is 340 g/mol. The zero-order valence-electron chi connectivity index (χ0n) is 16.3. The molecule has 0 radical (unpaired) electrons. The summed E-state index contributed by atoms with van der Waals surface area (Å²) in [5, 5.41) is 2.90. The Morgan fingerprint density at radius 3 is 2.56 bits per heavy atom. The summed E-state index contributed by atoms with van der Waals surface area (Å²) >= 11 is 0. The Labute approximate surface area is 161 Å². The third-order valence-electron chi connectivity index (χ3n) is 4.23. The Morgan fingerprint density at radius 2 is 1.85 bits per heavy atom. The molecule has 0 bridgehead atoms. The molecule has 1 atom stereocenters. The van der Waals surface area contributed by atoms with Gasteiger partial charge in [-0.3, -0.25) is 9.59 Å². The monoisotopic (exact) mass is 368 g/mol. The van der Waals surface area contributed by atoms with Gasteiger partial charge in [-0.2, -0.15) is 0 Å². The molecule has 144 valence electrons. The number of ketones is 1. The van der Waals surface area contributed by atoms with Crippen LogP contribution in [0, 0.1) is 0 Å². The highest BCUT2D eigenvalue weighted by atomic mass is 16.5. The standard InChI is InChI=1S/C22H28N2O3/c1-17(25)20-11-7-12-21(15-20)27-18(2)22(26)23-13-8-14-24(3)16-19-9-5-4-6-10-19/h4-7,9-12,15,18H,8,13-14,16H2,1-3H3,(H,23,26). The molecule has 2 aromatic rings. The Bertz CT molecular complexity index is 746. The van der Waals surface area contributed by atoms with E-state index in [1.165, 1.54) is 12.5 Å². The molecule has 0 aliphatic carbocycles. The number of Topliss-reactive ketones (excluding diaryl/α,β-unsaturated/α-hetero) is 1. The molecule has 0 spiro atoms. The smallest absolute Gasteiger partial charge is 0.260 e. The van der Waals surface area contributed by atoms with Crippen LogP contribution in [0.3, 0.4) is 0 Å². The average Bonchev–Trinajstić information content (AvgIpc) is 2.66. The predicted octanol–water partition coefficient (Wildman–Crippen LogP) is 3.29. The van der Waals surface area contributed by atoms with Gasteiger partial charge in [-0.15, -0.1) is 0 Å². The number of hydrogen-bond donors (Lipinski definition) is 1. The van der Waals surface area contributed by atoms with E-state index in [9.17, 15) is 9.59 Å². The quantitative estimate of drug-likeness (QED) is 0.516. The van der Waals surface area contributed by atoms with Crippen molar-refractivity contribution in [3.63, 3.8) is 0 Å². The summed E-state index contributed by atoms with van der Waals surface area (Å²) in [6.07, 6.45) is 0.246. The molecule has 2 rings (SSSR count). The summed E-state index contributed by atoms with van der Waals surface area (Å²) in [5.41, 5.74) is 1.85. The zero-order chi connectivity index (χ0) is 19.6. The van der Waals surface area contributed by atoms with E-state index in [4.69, 9.17) is 4.74 Å². The maximum atomic E-state index is 12.2. The van der Waals surface area contributed by atoms with E-state index in [2.05, 4.69) is 29.4 Å². The number of hydrogen-bond acceptors (Lipinski definition) is 4. The minimum Gasteiger partial charge on any atom is -0.481 e. The van der Waals surface area contributed by atoms with E-state index in [1.807, 2.05) is 18.2 Å². The molecular formula is C22H28N2O3. The maximum Gasteiger partial charge on any atom is 0.260 e. The molecule has 27 heavy (non-hydrogen) atoms. The first-order valence-electron chi connectivity index (χ1n) is 9.23. The molecule has 2 aromatic carbocycles. The van der Waals surface area contributed by atoms with Gasteiger partial charge in [-0.1, -0.05) is 42.5 Å². The number of carbonyl (C=O) groups excluding carboxylic acids is 2. The fraction of sp³-hybridized carbons (Fsp3) is 0.364. The minimum atomic E-state index is -0.616. The normalized spacial score (nSPS) is 11.9. The van der Waals surface area contributed by atoms with Gasteiger partial charge in [0.25, 0.3) is 5.91 Å².